The number of carbonyl (C=O) groups is 1. The van der Waals surface area contributed by atoms with Gasteiger partial charge >= 0.3 is 0 Å². The molecule has 0 fully saturated rings. The van der Waals surface area contributed by atoms with E-state index in [-0.39, 0.29) is 30.1 Å². The number of nitrogens with one attached hydrogen (secondary N) is 1. The van der Waals surface area contributed by atoms with E-state index in [1.54, 1.807) is 28.1 Å². The number of carbonyl (C=O) groups excluding carboxylic acids is 1. The fraction of sp³-hybridized carbons (Fsp3) is 0.727. The van der Waals surface area contributed by atoms with Crippen molar-refractivity contribution in [2.45, 2.75) is 13.2 Å². The molecule has 0 aliphatic heterocycles. The van der Waals surface area contributed by atoms with Crippen molar-refractivity contribution < 1.29 is 32.9 Å². The monoisotopic (exact) mass is 310 g/mol. The van der Waals surface area contributed by atoms with Crippen LogP contribution in [-0.2, 0) is 18.6 Å². The van der Waals surface area contributed by atoms with Crippen LogP contribution < -0.4 is 10.2 Å². The summed E-state index contributed by atoms with van der Waals surface area (Å²) >= 11 is 0. The minimum absolute atomic E-state index is 0.178. The van der Waals surface area contributed by atoms with Crippen LogP contribution in [0.15, 0.2) is 12.2 Å². The van der Waals surface area contributed by atoms with Crippen molar-refractivity contribution >= 4 is 13.7 Å². The Morgan fingerprint density at radius 3 is 2.45 bits per heavy atom. The topological polar surface area (TPSA) is 108 Å². The number of ether oxygens (including phenoxy) is 1. The van der Waals surface area contributed by atoms with Crippen molar-refractivity contribution in [2.75, 3.05) is 40.9 Å². The van der Waals surface area contributed by atoms with E-state index in [2.05, 4.69) is 16.4 Å². The second-order valence-electron chi connectivity index (χ2n) is 5.24. The van der Waals surface area contributed by atoms with Crippen molar-refractivity contribution in [3.8, 4) is 0 Å². The largest absolute Gasteiger partial charge is 0.756 e. The molecule has 2 unspecified atom stereocenters. The molecule has 0 aromatic rings. The molecule has 9 heteroatoms. The van der Waals surface area contributed by atoms with Crippen LogP contribution in [-0.4, -0.2) is 62.4 Å². The molecule has 0 bridgehead atoms. The van der Waals surface area contributed by atoms with E-state index in [0.29, 0.717) is 5.57 Å². The Balaban J connectivity index is 4.23. The van der Waals surface area contributed by atoms with Gasteiger partial charge in [-0.2, -0.15) is 0 Å². The molecule has 0 heterocycles. The van der Waals surface area contributed by atoms with E-state index >= 15 is 0 Å². The minimum Gasteiger partial charge on any atom is -0.756 e. The number of rotatable bonds is 9. The Hall–Kier alpha value is -0.760. The summed E-state index contributed by atoms with van der Waals surface area (Å²) in [6.45, 7) is 5.21. The van der Waals surface area contributed by atoms with Gasteiger partial charge in [0, 0.05) is 12.1 Å². The highest BCUT2D eigenvalue weighted by Crippen LogP contribution is 2.30. The molecule has 0 aromatic heterocycles. The maximum Gasteiger partial charge on any atom is 0.265 e. The van der Waals surface area contributed by atoms with Crippen LogP contribution in [0.3, 0.4) is 0 Å². The predicted octanol–water partition coefficient (Wildman–Crippen LogP) is -0.795. The van der Waals surface area contributed by atoms with Gasteiger partial charge in [-0.15, -0.1) is 0 Å². The van der Waals surface area contributed by atoms with E-state index in [0.717, 1.165) is 0 Å². The lowest BCUT2D eigenvalue weighted by molar-refractivity contribution is -0.920. The van der Waals surface area contributed by atoms with Crippen LogP contribution in [0, 0.1) is 0 Å². The highest BCUT2D eigenvalue weighted by Gasteiger charge is 2.26. The normalized spacial score (nSPS) is 16.3. The Morgan fingerprint density at radius 1 is 1.50 bits per heavy atom. The molecule has 118 valence electrons. The second kappa shape index (κ2) is 7.87. The lowest BCUT2D eigenvalue weighted by Crippen LogP contribution is -2.50. The Morgan fingerprint density at radius 2 is 2.05 bits per heavy atom. The molecule has 1 amide bonds. The lowest BCUT2D eigenvalue weighted by atomic mass is 10.3. The standard InChI is InChI=1S/C11H23N2O6P/c1-9(2)11(14)12-6-7-18-10(13(3,4)5)8-19-20(15,16)17/h10H,1,6-8H2,2-5H3,(H2-,12,14,15,16,17). The van der Waals surface area contributed by atoms with Crippen LogP contribution >= 0.6 is 7.82 Å². The summed E-state index contributed by atoms with van der Waals surface area (Å²) in [5.74, 6) is -0.272. The van der Waals surface area contributed by atoms with E-state index < -0.39 is 14.1 Å². The number of hydrogen-bond acceptors (Lipinski definition) is 5. The predicted molar refractivity (Wildman–Crippen MR) is 71.4 cm³/mol. The first kappa shape index (κ1) is 19.2. The third-order valence-electron chi connectivity index (χ3n) is 2.33. The van der Waals surface area contributed by atoms with E-state index in [1.165, 1.54) is 0 Å². The quantitative estimate of drug-likeness (QED) is 0.190. The van der Waals surface area contributed by atoms with Gasteiger partial charge in [0.25, 0.3) is 7.82 Å². The van der Waals surface area contributed by atoms with Gasteiger partial charge in [0.15, 0.2) is 0 Å². The van der Waals surface area contributed by atoms with Gasteiger partial charge in [0.2, 0.25) is 12.1 Å². The first-order valence-electron chi connectivity index (χ1n) is 5.98. The summed E-state index contributed by atoms with van der Waals surface area (Å²) in [6.07, 6.45) is -0.605. The average Bonchev–Trinajstić information content (AvgIpc) is 2.24. The molecule has 2 atom stereocenters. The molecule has 0 saturated heterocycles. The van der Waals surface area contributed by atoms with Crippen LogP contribution in [0.5, 0.6) is 0 Å². The van der Waals surface area contributed by atoms with Crippen LogP contribution in [0.2, 0.25) is 0 Å². The van der Waals surface area contributed by atoms with Crippen molar-refractivity contribution in [3.63, 3.8) is 0 Å². The number of amides is 1. The molecule has 0 rings (SSSR count). The zero-order chi connectivity index (χ0) is 16.0. The fourth-order valence-corrected chi connectivity index (χ4v) is 1.48. The molecular weight excluding hydrogens is 287 g/mol. The van der Waals surface area contributed by atoms with Crippen LogP contribution in [0.4, 0.5) is 0 Å². The number of likely N-dealkylation sites (N-methyl/N-ethyl adjacent to an activating group) is 1. The number of hydrogen-bond donors (Lipinski definition) is 2. The van der Waals surface area contributed by atoms with Gasteiger partial charge in [-0.25, -0.2) is 0 Å². The number of quaternary nitrogens is 1. The average molecular weight is 310 g/mol. The molecular formula is C11H23N2O6P. The van der Waals surface area contributed by atoms with E-state index in [1.807, 2.05) is 0 Å². The van der Waals surface area contributed by atoms with Crippen molar-refractivity contribution in [2.24, 2.45) is 0 Å². The lowest BCUT2D eigenvalue weighted by Gasteiger charge is -2.34. The summed E-state index contributed by atoms with van der Waals surface area (Å²) in [5.41, 5.74) is 0.393. The molecule has 0 saturated carbocycles. The maximum atomic E-state index is 11.2. The molecule has 0 aliphatic carbocycles. The fourth-order valence-electron chi connectivity index (χ4n) is 1.16. The smallest absolute Gasteiger partial charge is 0.265 e. The third kappa shape index (κ3) is 9.19. The summed E-state index contributed by atoms with van der Waals surface area (Å²) in [7, 11) is 0.578. The number of phosphoric acid groups is 1. The Labute approximate surface area is 119 Å². The van der Waals surface area contributed by atoms with Gasteiger partial charge in [-0.1, -0.05) is 6.58 Å². The van der Waals surface area contributed by atoms with Crippen molar-refractivity contribution in [1.82, 2.24) is 5.32 Å². The SMILES string of the molecule is C=C(C)C(=O)NCCOC(COP(=O)([O-])O)[N+](C)(C)C. The maximum absolute atomic E-state index is 11.2. The van der Waals surface area contributed by atoms with Gasteiger partial charge in [0.05, 0.1) is 27.7 Å². The summed E-state index contributed by atoms with van der Waals surface area (Å²) in [5, 5.41) is 2.58. The van der Waals surface area contributed by atoms with E-state index in [9.17, 15) is 14.3 Å². The molecule has 2 N–H and O–H groups in total. The van der Waals surface area contributed by atoms with E-state index in [4.69, 9.17) is 9.63 Å². The molecule has 0 aromatic carbocycles. The van der Waals surface area contributed by atoms with Crippen LogP contribution in [0.1, 0.15) is 6.92 Å². The molecule has 20 heavy (non-hydrogen) atoms. The zero-order valence-electron chi connectivity index (χ0n) is 12.3. The first-order valence-corrected chi connectivity index (χ1v) is 7.48. The molecule has 0 spiro atoms. The highest BCUT2D eigenvalue weighted by molar-refractivity contribution is 7.44. The molecule has 8 nitrogen and oxygen atoms in total. The number of nitrogens with zero attached hydrogens (tertiary/aromatic N) is 1. The van der Waals surface area contributed by atoms with Gasteiger partial charge in [-0.05, 0) is 6.92 Å². The summed E-state index contributed by atoms with van der Waals surface area (Å²) in [4.78, 5) is 30.4. The van der Waals surface area contributed by atoms with Crippen molar-refractivity contribution in [3.05, 3.63) is 12.2 Å². The minimum atomic E-state index is -4.78. The summed E-state index contributed by atoms with van der Waals surface area (Å²) < 4.78 is 20.7. The summed E-state index contributed by atoms with van der Waals surface area (Å²) in [6, 6.07) is 0. The zero-order valence-corrected chi connectivity index (χ0v) is 13.2. The Bertz CT molecular complexity index is 387. The first-order chi connectivity index (χ1) is 8.93. The van der Waals surface area contributed by atoms with Crippen molar-refractivity contribution in [1.29, 1.82) is 0 Å². The third-order valence-corrected chi connectivity index (χ3v) is 2.81. The number of phosphoric ester groups is 1. The molecule has 0 radical (unpaired) electrons. The second-order valence-corrected chi connectivity index (χ2v) is 6.44. The highest BCUT2D eigenvalue weighted by atomic mass is 31.2. The van der Waals surface area contributed by atoms with Gasteiger partial charge in [0.1, 0.15) is 6.61 Å². The molecule has 0 aliphatic rings. The van der Waals surface area contributed by atoms with Gasteiger partial charge < -0.3 is 28.8 Å². The Kier molecular flexibility index (Phi) is 7.57. The van der Waals surface area contributed by atoms with Gasteiger partial charge in [-0.3, -0.25) is 9.36 Å². The van der Waals surface area contributed by atoms with Crippen LogP contribution in [0.25, 0.3) is 0 Å².